The minimum Gasteiger partial charge on any atom is -0.367 e. The summed E-state index contributed by atoms with van der Waals surface area (Å²) < 4.78 is 18.9. The van der Waals surface area contributed by atoms with Crippen molar-refractivity contribution in [1.82, 2.24) is 9.88 Å². The van der Waals surface area contributed by atoms with Crippen LogP contribution in [0.2, 0.25) is 0 Å². The Morgan fingerprint density at radius 1 is 1.18 bits per heavy atom. The van der Waals surface area contributed by atoms with Crippen LogP contribution in [0.5, 0.6) is 0 Å². The normalized spacial score (nSPS) is 21.6. The highest BCUT2D eigenvalue weighted by molar-refractivity contribution is 5.94. The smallest absolute Gasteiger partial charge is 0.254 e. The number of hydrogen-bond acceptors (Lipinski definition) is 3. The summed E-state index contributed by atoms with van der Waals surface area (Å²) in [5.41, 5.74) is 1.49. The number of rotatable bonds is 2. The first-order valence-corrected chi connectivity index (χ1v) is 7.23. The van der Waals surface area contributed by atoms with E-state index in [-0.39, 0.29) is 23.9 Å². The maximum Gasteiger partial charge on any atom is 0.254 e. The molecular formula is C17H17FN2O2. The van der Waals surface area contributed by atoms with Crippen molar-refractivity contribution >= 4 is 5.91 Å². The zero-order chi connectivity index (χ0) is 15.5. The van der Waals surface area contributed by atoms with Crippen LogP contribution in [-0.2, 0) is 4.74 Å². The first kappa shape index (κ1) is 14.7. The highest BCUT2D eigenvalue weighted by Crippen LogP contribution is 2.26. The summed E-state index contributed by atoms with van der Waals surface area (Å²) in [6, 6.07) is 9.63. The van der Waals surface area contributed by atoms with Crippen LogP contribution in [0.1, 0.15) is 28.9 Å². The van der Waals surface area contributed by atoms with Gasteiger partial charge in [-0.2, -0.15) is 0 Å². The van der Waals surface area contributed by atoms with Crippen molar-refractivity contribution in [3.8, 4) is 0 Å². The highest BCUT2D eigenvalue weighted by Gasteiger charge is 2.29. The maximum absolute atomic E-state index is 13.0. The third-order valence-corrected chi connectivity index (χ3v) is 3.72. The number of hydrogen-bond donors (Lipinski definition) is 0. The van der Waals surface area contributed by atoms with Crippen LogP contribution < -0.4 is 0 Å². The standard InChI is InChI=1S/C17H17FN2O2/c1-12-10-20(17(21)14-6-8-19-9-7-14)11-16(22-12)13-2-4-15(18)5-3-13/h2-9,12,16H,10-11H2,1H3. The molecule has 3 rings (SSSR count). The van der Waals surface area contributed by atoms with Crippen molar-refractivity contribution in [1.29, 1.82) is 0 Å². The molecule has 2 aromatic rings. The molecule has 114 valence electrons. The van der Waals surface area contributed by atoms with Crippen LogP contribution in [0.3, 0.4) is 0 Å². The summed E-state index contributed by atoms with van der Waals surface area (Å²) in [6.45, 7) is 2.93. The number of carbonyl (C=O) groups excluding carboxylic acids is 1. The minimum atomic E-state index is -0.280. The molecule has 0 radical (unpaired) electrons. The average Bonchev–Trinajstić information content (AvgIpc) is 2.55. The first-order valence-electron chi connectivity index (χ1n) is 7.23. The van der Waals surface area contributed by atoms with Gasteiger partial charge in [-0.25, -0.2) is 4.39 Å². The van der Waals surface area contributed by atoms with Crippen LogP contribution >= 0.6 is 0 Å². The van der Waals surface area contributed by atoms with Crippen LogP contribution in [-0.4, -0.2) is 35.0 Å². The molecule has 0 aliphatic carbocycles. The van der Waals surface area contributed by atoms with Gasteiger partial charge in [0.05, 0.1) is 12.6 Å². The van der Waals surface area contributed by atoms with Crippen molar-refractivity contribution in [2.24, 2.45) is 0 Å². The highest BCUT2D eigenvalue weighted by atomic mass is 19.1. The summed E-state index contributed by atoms with van der Waals surface area (Å²) in [7, 11) is 0. The second-order valence-corrected chi connectivity index (χ2v) is 5.43. The Kier molecular flexibility index (Phi) is 4.15. The van der Waals surface area contributed by atoms with E-state index >= 15 is 0 Å². The predicted molar refractivity (Wildman–Crippen MR) is 79.8 cm³/mol. The summed E-state index contributed by atoms with van der Waals surface area (Å²) in [5.74, 6) is -0.318. The van der Waals surface area contributed by atoms with Gasteiger partial charge in [-0.15, -0.1) is 0 Å². The van der Waals surface area contributed by atoms with E-state index in [4.69, 9.17) is 4.74 Å². The average molecular weight is 300 g/mol. The fourth-order valence-corrected chi connectivity index (χ4v) is 2.66. The molecule has 0 bridgehead atoms. The van der Waals surface area contributed by atoms with Gasteiger partial charge >= 0.3 is 0 Å². The number of amides is 1. The molecule has 2 heterocycles. The number of ether oxygens (including phenoxy) is 1. The van der Waals surface area contributed by atoms with Crippen molar-refractivity contribution in [2.75, 3.05) is 13.1 Å². The third-order valence-electron chi connectivity index (χ3n) is 3.72. The van der Waals surface area contributed by atoms with Crippen LogP contribution in [0.25, 0.3) is 0 Å². The van der Waals surface area contributed by atoms with Gasteiger partial charge < -0.3 is 9.64 Å². The maximum atomic E-state index is 13.0. The monoisotopic (exact) mass is 300 g/mol. The molecular weight excluding hydrogens is 283 g/mol. The molecule has 2 unspecified atom stereocenters. The second-order valence-electron chi connectivity index (χ2n) is 5.43. The van der Waals surface area contributed by atoms with Gasteiger partial charge in [0.1, 0.15) is 11.9 Å². The van der Waals surface area contributed by atoms with Gasteiger partial charge in [-0.05, 0) is 36.8 Å². The molecule has 1 aliphatic rings. The van der Waals surface area contributed by atoms with Crippen molar-refractivity contribution in [3.05, 3.63) is 65.7 Å². The third kappa shape index (κ3) is 3.14. The zero-order valence-corrected chi connectivity index (χ0v) is 12.3. The van der Waals surface area contributed by atoms with E-state index in [0.717, 1.165) is 5.56 Å². The van der Waals surface area contributed by atoms with E-state index < -0.39 is 0 Å². The van der Waals surface area contributed by atoms with Crippen molar-refractivity contribution < 1.29 is 13.9 Å². The van der Waals surface area contributed by atoms with Gasteiger partial charge in [0.25, 0.3) is 5.91 Å². The zero-order valence-electron chi connectivity index (χ0n) is 12.3. The minimum absolute atomic E-state index is 0.0374. The van der Waals surface area contributed by atoms with Crippen molar-refractivity contribution in [2.45, 2.75) is 19.1 Å². The van der Waals surface area contributed by atoms with Gasteiger partial charge in [-0.3, -0.25) is 9.78 Å². The molecule has 1 fully saturated rings. The molecule has 1 aromatic carbocycles. The van der Waals surface area contributed by atoms with Crippen LogP contribution in [0.15, 0.2) is 48.8 Å². The van der Waals surface area contributed by atoms with Gasteiger partial charge in [0.15, 0.2) is 0 Å². The van der Waals surface area contributed by atoms with E-state index in [1.807, 2.05) is 6.92 Å². The predicted octanol–water partition coefficient (Wildman–Crippen LogP) is 2.82. The number of pyridine rings is 1. The van der Waals surface area contributed by atoms with E-state index in [0.29, 0.717) is 18.7 Å². The lowest BCUT2D eigenvalue weighted by Crippen LogP contribution is -2.45. The Morgan fingerprint density at radius 2 is 1.86 bits per heavy atom. The molecule has 1 aliphatic heterocycles. The Bertz CT molecular complexity index is 645. The fourth-order valence-electron chi connectivity index (χ4n) is 2.66. The number of nitrogens with zero attached hydrogens (tertiary/aromatic N) is 2. The second kappa shape index (κ2) is 6.23. The summed E-state index contributed by atoms with van der Waals surface area (Å²) >= 11 is 0. The quantitative estimate of drug-likeness (QED) is 0.856. The molecule has 1 aromatic heterocycles. The summed E-state index contributed by atoms with van der Waals surface area (Å²) in [5, 5.41) is 0. The number of benzene rings is 1. The van der Waals surface area contributed by atoms with Gasteiger partial charge in [0.2, 0.25) is 0 Å². The van der Waals surface area contributed by atoms with E-state index in [9.17, 15) is 9.18 Å². The Morgan fingerprint density at radius 3 is 2.55 bits per heavy atom. The largest absolute Gasteiger partial charge is 0.367 e. The van der Waals surface area contributed by atoms with Crippen LogP contribution in [0.4, 0.5) is 4.39 Å². The van der Waals surface area contributed by atoms with E-state index in [1.54, 1.807) is 41.6 Å². The summed E-state index contributed by atoms with van der Waals surface area (Å²) in [4.78, 5) is 18.3. The lowest BCUT2D eigenvalue weighted by atomic mass is 10.1. The van der Waals surface area contributed by atoms with E-state index in [2.05, 4.69) is 4.98 Å². The lowest BCUT2D eigenvalue weighted by Gasteiger charge is -2.37. The lowest BCUT2D eigenvalue weighted by molar-refractivity contribution is -0.0691. The molecule has 5 heteroatoms. The molecule has 4 nitrogen and oxygen atoms in total. The Balaban J connectivity index is 1.79. The summed E-state index contributed by atoms with van der Waals surface area (Å²) in [6.07, 6.45) is 2.90. The number of halogens is 1. The molecule has 1 saturated heterocycles. The van der Waals surface area contributed by atoms with Crippen LogP contribution in [0, 0.1) is 5.82 Å². The SMILES string of the molecule is CC1CN(C(=O)c2ccncc2)CC(c2ccc(F)cc2)O1. The fraction of sp³-hybridized carbons (Fsp3) is 0.294. The molecule has 1 amide bonds. The van der Waals surface area contributed by atoms with E-state index in [1.165, 1.54) is 12.1 Å². The Labute approximate surface area is 128 Å². The number of carbonyl (C=O) groups is 1. The first-order chi connectivity index (χ1) is 10.6. The van der Waals surface area contributed by atoms with Crippen molar-refractivity contribution in [3.63, 3.8) is 0 Å². The molecule has 22 heavy (non-hydrogen) atoms. The molecule has 0 saturated carbocycles. The molecule has 0 spiro atoms. The molecule has 2 atom stereocenters. The van der Waals surface area contributed by atoms with Gasteiger partial charge in [0, 0.05) is 24.5 Å². The topological polar surface area (TPSA) is 42.4 Å². The Hall–Kier alpha value is -2.27. The number of morpholine rings is 1. The number of aromatic nitrogens is 1. The van der Waals surface area contributed by atoms with Gasteiger partial charge in [-0.1, -0.05) is 12.1 Å². The molecule has 0 N–H and O–H groups in total.